The van der Waals surface area contributed by atoms with Crippen molar-refractivity contribution in [2.75, 3.05) is 6.54 Å². The van der Waals surface area contributed by atoms with Crippen LogP contribution in [0.5, 0.6) is 0 Å². The molecule has 56 valence electrons. The van der Waals surface area contributed by atoms with E-state index in [9.17, 15) is 0 Å². The van der Waals surface area contributed by atoms with Gasteiger partial charge >= 0.3 is 0 Å². The van der Waals surface area contributed by atoms with E-state index in [0.29, 0.717) is 0 Å². The molecule has 0 aliphatic carbocycles. The van der Waals surface area contributed by atoms with Crippen molar-refractivity contribution in [3.8, 4) is 0 Å². The van der Waals surface area contributed by atoms with Crippen LogP contribution < -0.4 is 5.73 Å². The molecule has 0 saturated carbocycles. The lowest BCUT2D eigenvalue weighted by Gasteiger charge is -1.93. The largest absolute Gasteiger partial charge is 0.469 e. The van der Waals surface area contributed by atoms with Gasteiger partial charge in [-0.1, -0.05) is 0 Å². The van der Waals surface area contributed by atoms with Gasteiger partial charge in [0.2, 0.25) is 0 Å². The minimum atomic E-state index is 0.778. The first-order valence-electron chi connectivity index (χ1n) is 3.66. The number of nitrogens with two attached hydrogens (primary N) is 1. The monoisotopic (exact) mass is 139 g/mol. The van der Waals surface area contributed by atoms with Crippen molar-refractivity contribution in [2.45, 2.75) is 19.3 Å². The molecule has 1 aromatic heterocycles. The molecule has 0 spiro atoms. The van der Waals surface area contributed by atoms with Gasteiger partial charge in [-0.25, -0.2) is 0 Å². The number of unbranched alkanes of at least 4 members (excludes halogenated alkanes) is 1. The fraction of sp³-hybridized carbons (Fsp3) is 0.500. The van der Waals surface area contributed by atoms with Gasteiger partial charge in [0.1, 0.15) is 5.76 Å². The molecule has 0 saturated heterocycles. The van der Waals surface area contributed by atoms with Crippen molar-refractivity contribution in [3.63, 3.8) is 0 Å². The van der Waals surface area contributed by atoms with Crippen molar-refractivity contribution in [1.82, 2.24) is 0 Å². The van der Waals surface area contributed by atoms with Crippen molar-refractivity contribution in [3.05, 3.63) is 24.2 Å². The van der Waals surface area contributed by atoms with Crippen LogP contribution in [0, 0.1) is 0 Å². The Kier molecular flexibility index (Phi) is 3.03. The number of hydrogen-bond donors (Lipinski definition) is 1. The second kappa shape index (κ2) is 4.12. The van der Waals surface area contributed by atoms with Crippen LogP contribution >= 0.6 is 0 Å². The molecule has 0 radical (unpaired) electrons. The van der Waals surface area contributed by atoms with E-state index in [0.717, 1.165) is 31.6 Å². The summed E-state index contributed by atoms with van der Waals surface area (Å²) in [6.45, 7) is 0.778. The summed E-state index contributed by atoms with van der Waals surface area (Å²) in [5, 5.41) is 0. The molecule has 0 aromatic carbocycles. The molecule has 0 atom stereocenters. The van der Waals surface area contributed by atoms with Crippen LogP contribution in [0.1, 0.15) is 18.6 Å². The second-order valence-corrected chi connectivity index (χ2v) is 2.33. The highest BCUT2D eigenvalue weighted by atomic mass is 16.3. The minimum absolute atomic E-state index is 0.778. The predicted octanol–water partition coefficient (Wildman–Crippen LogP) is 1.56. The van der Waals surface area contributed by atoms with E-state index in [1.807, 2.05) is 12.1 Å². The predicted molar refractivity (Wildman–Crippen MR) is 40.7 cm³/mol. The van der Waals surface area contributed by atoms with E-state index < -0.39 is 0 Å². The highest BCUT2D eigenvalue weighted by Crippen LogP contribution is 2.04. The van der Waals surface area contributed by atoms with Crippen LogP contribution in [0.25, 0.3) is 0 Å². The Morgan fingerprint density at radius 2 is 2.30 bits per heavy atom. The molecule has 0 unspecified atom stereocenters. The minimum Gasteiger partial charge on any atom is -0.469 e. The van der Waals surface area contributed by atoms with Crippen LogP contribution in [0.2, 0.25) is 0 Å². The molecule has 2 nitrogen and oxygen atoms in total. The standard InChI is InChI=1S/C8H13NO/c9-6-2-1-4-8-5-3-7-10-8/h3,5,7H,1-2,4,6,9H2. The fourth-order valence-corrected chi connectivity index (χ4v) is 0.898. The van der Waals surface area contributed by atoms with Gasteiger partial charge in [-0.05, 0) is 31.5 Å². The Morgan fingerprint density at radius 3 is 2.90 bits per heavy atom. The molecule has 1 rings (SSSR count). The van der Waals surface area contributed by atoms with Gasteiger partial charge in [0, 0.05) is 6.42 Å². The molecule has 0 aliphatic rings. The quantitative estimate of drug-likeness (QED) is 0.643. The summed E-state index contributed by atoms with van der Waals surface area (Å²) in [5.74, 6) is 1.06. The van der Waals surface area contributed by atoms with Gasteiger partial charge in [0.05, 0.1) is 6.26 Å². The lowest BCUT2D eigenvalue weighted by molar-refractivity contribution is 0.499. The summed E-state index contributed by atoms with van der Waals surface area (Å²) >= 11 is 0. The van der Waals surface area contributed by atoms with Gasteiger partial charge in [-0.15, -0.1) is 0 Å². The molecular weight excluding hydrogens is 126 g/mol. The average molecular weight is 139 g/mol. The smallest absolute Gasteiger partial charge is 0.103 e. The maximum absolute atomic E-state index is 5.34. The van der Waals surface area contributed by atoms with E-state index in [1.54, 1.807) is 6.26 Å². The summed E-state index contributed by atoms with van der Waals surface area (Å²) in [6.07, 6.45) is 4.94. The normalized spacial score (nSPS) is 10.1. The highest BCUT2D eigenvalue weighted by Gasteiger charge is 1.92. The van der Waals surface area contributed by atoms with Crippen LogP contribution in [0.4, 0.5) is 0 Å². The third-order valence-corrected chi connectivity index (χ3v) is 1.46. The average Bonchev–Trinajstić information content (AvgIpc) is 2.41. The maximum Gasteiger partial charge on any atom is 0.103 e. The van der Waals surface area contributed by atoms with Gasteiger partial charge in [-0.3, -0.25) is 0 Å². The van der Waals surface area contributed by atoms with E-state index in [1.165, 1.54) is 0 Å². The lowest BCUT2D eigenvalue weighted by Crippen LogP contribution is -1.98. The molecular formula is C8H13NO. The van der Waals surface area contributed by atoms with Crippen LogP contribution in [0.15, 0.2) is 22.8 Å². The van der Waals surface area contributed by atoms with Crippen molar-refractivity contribution in [2.24, 2.45) is 5.73 Å². The van der Waals surface area contributed by atoms with E-state index in [2.05, 4.69) is 0 Å². The first-order valence-corrected chi connectivity index (χ1v) is 3.66. The zero-order valence-electron chi connectivity index (χ0n) is 6.05. The van der Waals surface area contributed by atoms with E-state index in [4.69, 9.17) is 10.2 Å². The van der Waals surface area contributed by atoms with Crippen molar-refractivity contribution >= 4 is 0 Å². The highest BCUT2D eigenvalue weighted by molar-refractivity contribution is 4.97. The molecule has 2 N–H and O–H groups in total. The third kappa shape index (κ3) is 2.23. The third-order valence-electron chi connectivity index (χ3n) is 1.46. The SMILES string of the molecule is NCCCCc1ccco1. The van der Waals surface area contributed by atoms with Crippen LogP contribution in [-0.4, -0.2) is 6.54 Å². The molecule has 1 heterocycles. The van der Waals surface area contributed by atoms with Gasteiger partial charge in [-0.2, -0.15) is 0 Å². The summed E-state index contributed by atoms with van der Waals surface area (Å²) in [5.41, 5.74) is 5.34. The summed E-state index contributed by atoms with van der Waals surface area (Å²) in [6, 6.07) is 3.91. The Labute approximate surface area is 61.0 Å². The molecule has 0 amide bonds. The molecule has 1 aromatic rings. The summed E-state index contributed by atoms with van der Waals surface area (Å²) in [4.78, 5) is 0. The fourth-order valence-electron chi connectivity index (χ4n) is 0.898. The number of aryl methyl sites for hydroxylation is 1. The molecule has 0 fully saturated rings. The van der Waals surface area contributed by atoms with E-state index in [-0.39, 0.29) is 0 Å². The van der Waals surface area contributed by atoms with Crippen LogP contribution in [-0.2, 0) is 6.42 Å². The Hall–Kier alpha value is -0.760. The zero-order valence-corrected chi connectivity index (χ0v) is 6.05. The maximum atomic E-state index is 5.34. The summed E-state index contributed by atoms with van der Waals surface area (Å²) < 4.78 is 5.14. The van der Waals surface area contributed by atoms with Gasteiger partial charge < -0.3 is 10.2 Å². The van der Waals surface area contributed by atoms with Crippen molar-refractivity contribution < 1.29 is 4.42 Å². The zero-order chi connectivity index (χ0) is 7.23. The molecule has 10 heavy (non-hydrogen) atoms. The Morgan fingerprint density at radius 1 is 1.40 bits per heavy atom. The molecule has 2 heteroatoms. The first-order chi connectivity index (χ1) is 4.93. The Balaban J connectivity index is 2.15. The van der Waals surface area contributed by atoms with Crippen LogP contribution in [0.3, 0.4) is 0 Å². The van der Waals surface area contributed by atoms with Gasteiger partial charge in [0.15, 0.2) is 0 Å². The topological polar surface area (TPSA) is 39.2 Å². The lowest BCUT2D eigenvalue weighted by atomic mass is 10.2. The second-order valence-electron chi connectivity index (χ2n) is 2.33. The number of hydrogen-bond acceptors (Lipinski definition) is 2. The first kappa shape index (κ1) is 7.35. The number of furan rings is 1. The molecule has 0 aliphatic heterocycles. The number of rotatable bonds is 4. The van der Waals surface area contributed by atoms with Crippen molar-refractivity contribution in [1.29, 1.82) is 0 Å². The Bertz CT molecular complexity index is 158. The summed E-state index contributed by atoms with van der Waals surface area (Å²) in [7, 11) is 0. The van der Waals surface area contributed by atoms with Gasteiger partial charge in [0.25, 0.3) is 0 Å². The molecule has 0 bridgehead atoms. The van der Waals surface area contributed by atoms with E-state index >= 15 is 0 Å².